The first-order valence-corrected chi connectivity index (χ1v) is 7.49. The molecule has 0 saturated carbocycles. The Morgan fingerprint density at radius 2 is 1.73 bits per heavy atom. The van der Waals surface area contributed by atoms with Gasteiger partial charge >= 0.3 is 0 Å². The standard InChI is InChI=1S/C19H11Cl2N/c20-16-9-8-14(19(21)11-16)10-15(12-22)18-7-3-5-13-4-1-2-6-17(13)18/h1-11H/b15-10-. The van der Waals surface area contributed by atoms with E-state index in [0.717, 1.165) is 21.9 Å². The minimum absolute atomic E-state index is 0.528. The summed E-state index contributed by atoms with van der Waals surface area (Å²) in [5.74, 6) is 0. The van der Waals surface area contributed by atoms with Gasteiger partial charge in [0.2, 0.25) is 0 Å². The number of allylic oxidation sites excluding steroid dienone is 1. The first-order chi connectivity index (χ1) is 10.7. The number of benzene rings is 3. The molecule has 1 nitrogen and oxygen atoms in total. The number of nitrogens with zero attached hydrogens (tertiary/aromatic N) is 1. The first kappa shape index (κ1) is 14.7. The van der Waals surface area contributed by atoms with E-state index in [4.69, 9.17) is 23.2 Å². The van der Waals surface area contributed by atoms with E-state index in [-0.39, 0.29) is 0 Å². The molecule has 0 radical (unpaired) electrons. The molecule has 0 amide bonds. The van der Waals surface area contributed by atoms with Crippen LogP contribution in [0.1, 0.15) is 11.1 Å². The maximum Gasteiger partial charge on any atom is 0.0998 e. The van der Waals surface area contributed by atoms with Crippen molar-refractivity contribution >= 4 is 45.6 Å². The van der Waals surface area contributed by atoms with Crippen LogP contribution in [0.2, 0.25) is 10.0 Å². The van der Waals surface area contributed by atoms with Crippen LogP contribution in [0.15, 0.2) is 60.7 Å². The molecule has 3 heteroatoms. The lowest BCUT2D eigenvalue weighted by Crippen LogP contribution is -1.86. The summed E-state index contributed by atoms with van der Waals surface area (Å²) in [5.41, 5.74) is 2.24. The molecule has 0 aromatic heterocycles. The van der Waals surface area contributed by atoms with E-state index in [1.54, 1.807) is 18.2 Å². The van der Waals surface area contributed by atoms with Crippen LogP contribution < -0.4 is 0 Å². The molecule has 0 heterocycles. The van der Waals surface area contributed by atoms with E-state index in [9.17, 15) is 5.26 Å². The van der Waals surface area contributed by atoms with Gasteiger partial charge in [-0.2, -0.15) is 5.26 Å². The molecule has 3 aromatic rings. The second-order valence-corrected chi connectivity index (χ2v) is 5.71. The van der Waals surface area contributed by atoms with Gasteiger partial charge in [-0.1, -0.05) is 71.7 Å². The third kappa shape index (κ3) is 2.85. The van der Waals surface area contributed by atoms with Gasteiger partial charge in [0.1, 0.15) is 0 Å². The number of fused-ring (bicyclic) bond motifs is 1. The molecule has 0 fully saturated rings. The van der Waals surface area contributed by atoms with Crippen molar-refractivity contribution < 1.29 is 0 Å². The maximum absolute atomic E-state index is 9.56. The Hall–Kier alpha value is -2.27. The van der Waals surface area contributed by atoms with E-state index in [1.807, 2.05) is 48.5 Å². The average molecular weight is 324 g/mol. The van der Waals surface area contributed by atoms with Crippen molar-refractivity contribution in [3.05, 3.63) is 81.8 Å². The topological polar surface area (TPSA) is 23.8 Å². The minimum atomic E-state index is 0.528. The summed E-state index contributed by atoms with van der Waals surface area (Å²) < 4.78 is 0. The molecule has 106 valence electrons. The summed E-state index contributed by atoms with van der Waals surface area (Å²) in [6.07, 6.45) is 1.79. The van der Waals surface area contributed by atoms with E-state index >= 15 is 0 Å². The molecule has 0 aliphatic heterocycles. The maximum atomic E-state index is 9.56. The predicted molar refractivity (Wildman–Crippen MR) is 93.9 cm³/mol. The molecule has 0 unspecified atom stereocenters. The number of hydrogen-bond donors (Lipinski definition) is 0. The molecule has 0 spiro atoms. The van der Waals surface area contributed by atoms with Crippen molar-refractivity contribution in [2.75, 3.05) is 0 Å². The first-order valence-electron chi connectivity index (χ1n) is 6.74. The summed E-state index contributed by atoms with van der Waals surface area (Å²) in [7, 11) is 0. The molecular formula is C19H11Cl2N. The lowest BCUT2D eigenvalue weighted by molar-refractivity contribution is 1.53. The van der Waals surface area contributed by atoms with Crippen LogP contribution >= 0.6 is 23.2 Å². The Morgan fingerprint density at radius 1 is 0.955 bits per heavy atom. The van der Waals surface area contributed by atoms with Gasteiger partial charge in [0.05, 0.1) is 11.6 Å². The van der Waals surface area contributed by atoms with Crippen molar-refractivity contribution in [2.45, 2.75) is 0 Å². The van der Waals surface area contributed by atoms with Gasteiger partial charge in [0.25, 0.3) is 0 Å². The summed E-state index contributed by atoms with van der Waals surface area (Å²) in [6, 6.07) is 21.4. The molecule has 0 aliphatic rings. The SMILES string of the molecule is N#C/C(=C/c1ccc(Cl)cc1Cl)c1cccc2ccccc12. The highest BCUT2D eigenvalue weighted by molar-refractivity contribution is 6.35. The van der Waals surface area contributed by atoms with E-state index in [2.05, 4.69) is 6.07 Å². The lowest BCUT2D eigenvalue weighted by atomic mass is 9.97. The zero-order chi connectivity index (χ0) is 15.5. The van der Waals surface area contributed by atoms with Crippen LogP contribution in [-0.2, 0) is 0 Å². The highest BCUT2D eigenvalue weighted by atomic mass is 35.5. The number of halogens is 2. The number of nitriles is 1. The largest absolute Gasteiger partial charge is 0.192 e. The van der Waals surface area contributed by atoms with Crippen molar-refractivity contribution in [3.8, 4) is 6.07 Å². The van der Waals surface area contributed by atoms with Crippen LogP contribution in [0, 0.1) is 11.3 Å². The van der Waals surface area contributed by atoms with E-state index in [0.29, 0.717) is 15.6 Å². The summed E-state index contributed by atoms with van der Waals surface area (Å²) in [6.45, 7) is 0. The molecule has 0 aliphatic carbocycles. The minimum Gasteiger partial charge on any atom is -0.192 e. The zero-order valence-corrected chi connectivity index (χ0v) is 13.1. The fraction of sp³-hybridized carbons (Fsp3) is 0. The average Bonchev–Trinajstić information content (AvgIpc) is 2.54. The van der Waals surface area contributed by atoms with Gasteiger partial charge in [-0.3, -0.25) is 0 Å². The monoisotopic (exact) mass is 323 g/mol. The van der Waals surface area contributed by atoms with Crippen LogP contribution in [0.25, 0.3) is 22.4 Å². The molecule has 22 heavy (non-hydrogen) atoms. The molecule has 0 atom stereocenters. The third-order valence-electron chi connectivity index (χ3n) is 3.46. The smallest absolute Gasteiger partial charge is 0.0998 e. The number of hydrogen-bond acceptors (Lipinski definition) is 1. The summed E-state index contributed by atoms with van der Waals surface area (Å²) in [5, 5.41) is 12.8. The fourth-order valence-corrected chi connectivity index (χ4v) is 2.87. The summed E-state index contributed by atoms with van der Waals surface area (Å²) >= 11 is 12.1. The van der Waals surface area contributed by atoms with Crippen molar-refractivity contribution in [1.82, 2.24) is 0 Å². The van der Waals surface area contributed by atoms with Gasteiger partial charge in [-0.15, -0.1) is 0 Å². The second-order valence-electron chi connectivity index (χ2n) is 4.86. The quantitative estimate of drug-likeness (QED) is 0.406. The highest BCUT2D eigenvalue weighted by Gasteiger charge is 2.07. The van der Waals surface area contributed by atoms with E-state index < -0.39 is 0 Å². The Balaban J connectivity index is 2.18. The van der Waals surface area contributed by atoms with Gasteiger partial charge in [0, 0.05) is 15.6 Å². The Morgan fingerprint density at radius 3 is 2.50 bits per heavy atom. The Kier molecular flexibility index (Phi) is 4.15. The van der Waals surface area contributed by atoms with Crippen molar-refractivity contribution in [1.29, 1.82) is 5.26 Å². The Labute approximate surface area is 139 Å². The van der Waals surface area contributed by atoms with E-state index in [1.165, 1.54) is 0 Å². The molecule has 0 saturated heterocycles. The highest BCUT2D eigenvalue weighted by Crippen LogP contribution is 2.29. The van der Waals surface area contributed by atoms with Gasteiger partial charge in [-0.05, 0) is 34.5 Å². The van der Waals surface area contributed by atoms with Crippen molar-refractivity contribution in [2.24, 2.45) is 0 Å². The molecule has 0 bridgehead atoms. The molecular weight excluding hydrogens is 313 g/mol. The third-order valence-corrected chi connectivity index (χ3v) is 4.03. The van der Waals surface area contributed by atoms with Crippen LogP contribution in [0.3, 0.4) is 0 Å². The summed E-state index contributed by atoms with van der Waals surface area (Å²) in [4.78, 5) is 0. The normalized spacial score (nSPS) is 11.4. The van der Waals surface area contributed by atoms with Crippen LogP contribution in [0.4, 0.5) is 0 Å². The second kappa shape index (κ2) is 6.23. The van der Waals surface area contributed by atoms with Gasteiger partial charge in [-0.25, -0.2) is 0 Å². The molecule has 3 rings (SSSR count). The van der Waals surface area contributed by atoms with Crippen LogP contribution in [0.5, 0.6) is 0 Å². The Bertz CT molecular complexity index is 915. The predicted octanol–water partition coefficient (Wildman–Crippen LogP) is 6.21. The van der Waals surface area contributed by atoms with Crippen molar-refractivity contribution in [3.63, 3.8) is 0 Å². The molecule has 0 N–H and O–H groups in total. The number of rotatable bonds is 2. The lowest BCUT2D eigenvalue weighted by Gasteiger charge is -2.06. The zero-order valence-electron chi connectivity index (χ0n) is 11.6. The fourth-order valence-electron chi connectivity index (χ4n) is 2.40. The van der Waals surface area contributed by atoms with Gasteiger partial charge < -0.3 is 0 Å². The van der Waals surface area contributed by atoms with Gasteiger partial charge in [0.15, 0.2) is 0 Å². The molecule has 3 aromatic carbocycles. The van der Waals surface area contributed by atoms with Crippen LogP contribution in [-0.4, -0.2) is 0 Å².